The Hall–Kier alpha value is -2.34. The van der Waals surface area contributed by atoms with E-state index < -0.39 is 5.97 Å². The van der Waals surface area contributed by atoms with Crippen molar-refractivity contribution < 1.29 is 19.2 Å². The van der Waals surface area contributed by atoms with Gasteiger partial charge in [0, 0.05) is 25.1 Å². The molecule has 0 spiro atoms. The fourth-order valence-corrected chi connectivity index (χ4v) is 3.43. The number of aromatic nitrogens is 1. The number of likely N-dealkylation sites (tertiary alicyclic amines) is 1. The Kier molecular flexibility index (Phi) is 5.08. The monoisotopic (exact) mass is 362 g/mol. The van der Waals surface area contributed by atoms with Crippen molar-refractivity contribution in [2.24, 2.45) is 5.92 Å². The van der Waals surface area contributed by atoms with Crippen molar-refractivity contribution >= 4 is 23.5 Å². The van der Waals surface area contributed by atoms with Crippen molar-refractivity contribution in [3.05, 3.63) is 40.6 Å². The molecule has 1 aromatic heterocycles. The predicted molar refractivity (Wildman–Crippen MR) is 92.6 cm³/mol. The molecule has 1 fully saturated rings. The zero-order chi connectivity index (χ0) is 18.0. The van der Waals surface area contributed by atoms with Crippen molar-refractivity contribution in [2.75, 3.05) is 13.1 Å². The van der Waals surface area contributed by atoms with Crippen LogP contribution in [0.1, 0.15) is 35.4 Å². The number of hydrogen-bond donors (Lipinski definition) is 1. The van der Waals surface area contributed by atoms with E-state index in [-0.39, 0.29) is 18.2 Å². The molecule has 1 aromatic carbocycles. The van der Waals surface area contributed by atoms with E-state index in [1.54, 1.807) is 24.0 Å². The third-order valence-corrected chi connectivity index (χ3v) is 4.90. The molecule has 7 heteroatoms. The number of aryl methyl sites for hydroxylation is 1. The first-order chi connectivity index (χ1) is 12.0. The van der Waals surface area contributed by atoms with Gasteiger partial charge in [0.15, 0.2) is 0 Å². The molecule has 0 bridgehead atoms. The number of halogens is 1. The number of carbonyl (C=O) groups is 2. The summed E-state index contributed by atoms with van der Waals surface area (Å²) in [5.41, 5.74) is 1.52. The summed E-state index contributed by atoms with van der Waals surface area (Å²) in [6.45, 7) is 2.77. The largest absolute Gasteiger partial charge is 0.481 e. The maximum absolute atomic E-state index is 13.0. The Labute approximate surface area is 150 Å². The summed E-state index contributed by atoms with van der Waals surface area (Å²) in [5.74, 6) is -0.371. The zero-order valence-electron chi connectivity index (χ0n) is 13.9. The van der Waals surface area contributed by atoms with Gasteiger partial charge in [0.2, 0.25) is 0 Å². The van der Waals surface area contributed by atoms with E-state index in [1.807, 2.05) is 12.1 Å². The summed E-state index contributed by atoms with van der Waals surface area (Å²) in [6.07, 6.45) is 1.52. The molecule has 1 saturated heterocycles. The molecule has 6 nitrogen and oxygen atoms in total. The van der Waals surface area contributed by atoms with Gasteiger partial charge in [-0.15, -0.1) is 0 Å². The highest BCUT2D eigenvalue weighted by atomic mass is 35.5. The highest BCUT2D eigenvalue weighted by molar-refractivity contribution is 6.33. The summed E-state index contributed by atoms with van der Waals surface area (Å²) in [5, 5.41) is 13.4. The number of carboxylic acid groups (broad SMARTS) is 1. The van der Waals surface area contributed by atoms with Crippen LogP contribution >= 0.6 is 11.6 Å². The van der Waals surface area contributed by atoms with Crippen LogP contribution in [-0.4, -0.2) is 40.1 Å². The van der Waals surface area contributed by atoms with Crippen LogP contribution in [-0.2, 0) is 4.79 Å². The minimum atomic E-state index is -0.791. The van der Waals surface area contributed by atoms with Crippen LogP contribution in [0.5, 0.6) is 0 Å². The van der Waals surface area contributed by atoms with E-state index in [0.29, 0.717) is 53.5 Å². The molecule has 25 heavy (non-hydrogen) atoms. The lowest BCUT2D eigenvalue weighted by Crippen LogP contribution is -2.39. The van der Waals surface area contributed by atoms with Crippen LogP contribution < -0.4 is 0 Å². The van der Waals surface area contributed by atoms with Gasteiger partial charge in [0.05, 0.1) is 5.02 Å². The summed E-state index contributed by atoms with van der Waals surface area (Å²) in [4.78, 5) is 25.6. The normalized spacial score (nSPS) is 15.4. The molecule has 0 atom stereocenters. The molecule has 2 heterocycles. The van der Waals surface area contributed by atoms with E-state index >= 15 is 0 Å². The zero-order valence-corrected chi connectivity index (χ0v) is 14.6. The fourth-order valence-electron chi connectivity index (χ4n) is 3.21. The Morgan fingerprint density at radius 3 is 2.64 bits per heavy atom. The second-order valence-corrected chi connectivity index (χ2v) is 6.68. The smallest absolute Gasteiger partial charge is 0.303 e. The highest BCUT2D eigenvalue weighted by Gasteiger charge is 2.30. The van der Waals surface area contributed by atoms with E-state index in [2.05, 4.69) is 5.16 Å². The Balaban J connectivity index is 1.81. The molecule has 132 valence electrons. The van der Waals surface area contributed by atoms with E-state index in [4.69, 9.17) is 21.2 Å². The quantitative estimate of drug-likeness (QED) is 0.897. The lowest BCUT2D eigenvalue weighted by molar-refractivity contribution is -0.138. The third kappa shape index (κ3) is 3.69. The number of benzene rings is 1. The van der Waals surface area contributed by atoms with Gasteiger partial charge in [0.1, 0.15) is 17.0 Å². The molecule has 1 N–H and O–H groups in total. The first-order valence-electron chi connectivity index (χ1n) is 8.19. The Morgan fingerprint density at radius 2 is 2.00 bits per heavy atom. The number of rotatable bonds is 4. The summed E-state index contributed by atoms with van der Waals surface area (Å²) < 4.78 is 5.26. The number of carbonyl (C=O) groups excluding carboxylic acids is 1. The van der Waals surface area contributed by atoms with Crippen LogP contribution in [0.15, 0.2) is 28.8 Å². The summed E-state index contributed by atoms with van der Waals surface area (Å²) in [6, 6.07) is 7.19. The van der Waals surface area contributed by atoms with Crippen molar-refractivity contribution in [1.82, 2.24) is 10.1 Å². The molecular formula is C18H19ClN2O4. The number of aliphatic carboxylic acids is 1. The maximum Gasteiger partial charge on any atom is 0.303 e. The minimum absolute atomic E-state index is 0.119. The van der Waals surface area contributed by atoms with Gasteiger partial charge in [-0.3, -0.25) is 9.59 Å². The lowest BCUT2D eigenvalue weighted by Gasteiger charge is -2.31. The van der Waals surface area contributed by atoms with Crippen molar-refractivity contribution in [1.29, 1.82) is 0 Å². The Morgan fingerprint density at radius 1 is 1.32 bits per heavy atom. The predicted octanol–water partition coefficient (Wildman–Crippen LogP) is 3.63. The number of nitrogens with zero attached hydrogens (tertiary/aromatic N) is 2. The fraction of sp³-hybridized carbons (Fsp3) is 0.389. The minimum Gasteiger partial charge on any atom is -0.481 e. The van der Waals surface area contributed by atoms with E-state index in [9.17, 15) is 9.59 Å². The van der Waals surface area contributed by atoms with Gasteiger partial charge < -0.3 is 14.5 Å². The molecule has 0 unspecified atom stereocenters. The van der Waals surface area contributed by atoms with Gasteiger partial charge in [0.25, 0.3) is 5.91 Å². The lowest BCUT2D eigenvalue weighted by atomic mass is 9.93. The first-order valence-corrected chi connectivity index (χ1v) is 8.57. The number of hydrogen-bond acceptors (Lipinski definition) is 4. The summed E-state index contributed by atoms with van der Waals surface area (Å²) in [7, 11) is 0. The Bertz CT molecular complexity index is 794. The molecular weight excluding hydrogens is 344 g/mol. The van der Waals surface area contributed by atoms with Gasteiger partial charge in [-0.2, -0.15) is 0 Å². The molecule has 2 aromatic rings. The van der Waals surface area contributed by atoms with E-state index in [0.717, 1.165) is 0 Å². The number of amides is 1. The molecule has 0 aliphatic carbocycles. The molecule has 1 aliphatic rings. The SMILES string of the molecule is Cc1onc(-c2ccccc2Cl)c1C(=O)N1CCC(CC(=O)O)CC1. The van der Waals surface area contributed by atoms with Crippen LogP contribution in [0.4, 0.5) is 0 Å². The topological polar surface area (TPSA) is 83.6 Å². The number of piperidine rings is 1. The van der Waals surface area contributed by atoms with Crippen LogP contribution in [0.2, 0.25) is 5.02 Å². The van der Waals surface area contributed by atoms with E-state index in [1.165, 1.54) is 0 Å². The standard InChI is InChI=1S/C18H19ClN2O4/c1-11-16(17(20-25-11)13-4-2-3-5-14(13)19)18(24)21-8-6-12(7-9-21)10-15(22)23/h2-5,12H,6-10H2,1H3,(H,22,23). The average Bonchev–Trinajstić information content (AvgIpc) is 2.96. The van der Waals surface area contributed by atoms with Gasteiger partial charge >= 0.3 is 5.97 Å². The third-order valence-electron chi connectivity index (χ3n) is 4.57. The van der Waals surface area contributed by atoms with Gasteiger partial charge in [-0.1, -0.05) is 35.0 Å². The number of carboxylic acids is 1. The summed E-state index contributed by atoms with van der Waals surface area (Å²) >= 11 is 6.24. The molecule has 1 amide bonds. The van der Waals surface area contributed by atoms with Crippen molar-refractivity contribution in [2.45, 2.75) is 26.2 Å². The highest BCUT2D eigenvalue weighted by Crippen LogP contribution is 2.32. The van der Waals surface area contributed by atoms with Crippen LogP contribution in [0, 0.1) is 12.8 Å². The molecule has 0 radical (unpaired) electrons. The molecule has 0 saturated carbocycles. The molecule has 1 aliphatic heterocycles. The second kappa shape index (κ2) is 7.27. The second-order valence-electron chi connectivity index (χ2n) is 6.28. The van der Waals surface area contributed by atoms with Crippen LogP contribution in [0.3, 0.4) is 0 Å². The van der Waals surface area contributed by atoms with Gasteiger partial charge in [-0.25, -0.2) is 0 Å². The molecule has 3 rings (SSSR count). The van der Waals surface area contributed by atoms with Crippen molar-refractivity contribution in [3.63, 3.8) is 0 Å². The van der Waals surface area contributed by atoms with Crippen molar-refractivity contribution in [3.8, 4) is 11.3 Å². The maximum atomic E-state index is 13.0. The first kappa shape index (κ1) is 17.5. The van der Waals surface area contributed by atoms with Crippen LogP contribution in [0.25, 0.3) is 11.3 Å². The van der Waals surface area contributed by atoms with Gasteiger partial charge in [-0.05, 0) is 31.7 Å². The average molecular weight is 363 g/mol.